The van der Waals surface area contributed by atoms with E-state index in [-0.39, 0.29) is 42.2 Å². The van der Waals surface area contributed by atoms with E-state index in [0.29, 0.717) is 41.8 Å². The topological polar surface area (TPSA) is 121 Å². The highest BCUT2D eigenvalue weighted by atomic mass is 19.3. The summed E-state index contributed by atoms with van der Waals surface area (Å²) in [6.45, 7) is 0.675. The monoisotopic (exact) mass is 542 g/mol. The minimum atomic E-state index is -2.88. The van der Waals surface area contributed by atoms with Crippen LogP contribution < -0.4 is 21.1 Å². The van der Waals surface area contributed by atoms with Gasteiger partial charge in [0.2, 0.25) is 0 Å². The fraction of sp³-hybridized carbons (Fsp3) is 0.385. The molecule has 0 bridgehead atoms. The maximum absolute atomic E-state index is 15.0. The molecule has 1 aromatic carbocycles. The standard InChI is InChI=1S/C26H26F4N8O/c1-39-20-7-16(27)15(6-17(20)28)18-5-14(10-37-13-36-22-23(31)34-12-35-24(22)37)19(9-33-18)38-4-2-3-25(32)11-26(29,30)8-21(25)38/h5-7,9,12-13,21H,2-4,8,10-11,32H2,1H3,(H2,31,34,35)/t21?,25-/m0/s1. The van der Waals surface area contributed by atoms with Crippen LogP contribution in [0.25, 0.3) is 22.4 Å². The molecule has 39 heavy (non-hydrogen) atoms. The zero-order valence-electron chi connectivity index (χ0n) is 21.0. The van der Waals surface area contributed by atoms with Gasteiger partial charge in [-0.2, -0.15) is 0 Å². The van der Waals surface area contributed by atoms with Gasteiger partial charge >= 0.3 is 0 Å². The summed E-state index contributed by atoms with van der Waals surface area (Å²) in [5.74, 6) is -4.37. The zero-order chi connectivity index (χ0) is 27.5. The first-order chi connectivity index (χ1) is 18.6. The number of nitrogens with two attached hydrogens (primary N) is 2. The van der Waals surface area contributed by atoms with Crippen molar-refractivity contribution in [2.24, 2.45) is 5.73 Å². The van der Waals surface area contributed by atoms with Crippen LogP contribution in [0.1, 0.15) is 31.2 Å². The summed E-state index contributed by atoms with van der Waals surface area (Å²) < 4.78 is 65.3. The lowest BCUT2D eigenvalue weighted by Crippen LogP contribution is -2.59. The van der Waals surface area contributed by atoms with E-state index >= 15 is 0 Å². The zero-order valence-corrected chi connectivity index (χ0v) is 21.0. The fourth-order valence-corrected chi connectivity index (χ4v) is 5.96. The molecular weight excluding hydrogens is 516 g/mol. The van der Waals surface area contributed by atoms with Crippen molar-refractivity contribution in [2.75, 3.05) is 24.3 Å². The van der Waals surface area contributed by atoms with E-state index in [0.717, 1.165) is 12.1 Å². The van der Waals surface area contributed by atoms with Crippen LogP contribution in [0, 0.1) is 11.6 Å². The van der Waals surface area contributed by atoms with Crippen molar-refractivity contribution >= 4 is 22.7 Å². The van der Waals surface area contributed by atoms with Gasteiger partial charge in [-0.25, -0.2) is 32.5 Å². The number of hydrogen-bond donors (Lipinski definition) is 2. The van der Waals surface area contributed by atoms with Gasteiger partial charge in [-0.15, -0.1) is 0 Å². The number of rotatable bonds is 5. The number of ether oxygens (including phenoxy) is 1. The lowest BCUT2D eigenvalue weighted by molar-refractivity contribution is 0.00259. The second-order valence-corrected chi connectivity index (χ2v) is 10.3. The van der Waals surface area contributed by atoms with Crippen LogP contribution in [0.4, 0.5) is 29.1 Å². The predicted molar refractivity (Wildman–Crippen MR) is 136 cm³/mol. The molecule has 4 aromatic rings. The van der Waals surface area contributed by atoms with Gasteiger partial charge in [0.25, 0.3) is 5.92 Å². The van der Waals surface area contributed by atoms with E-state index in [1.54, 1.807) is 17.0 Å². The van der Waals surface area contributed by atoms with Gasteiger partial charge in [0.15, 0.2) is 23.0 Å². The Bertz CT molecular complexity index is 1580. The highest BCUT2D eigenvalue weighted by Gasteiger charge is 2.57. The molecule has 1 saturated heterocycles. The average Bonchev–Trinajstić information content (AvgIpc) is 3.41. The summed E-state index contributed by atoms with van der Waals surface area (Å²) in [6, 6.07) is 2.98. The number of fused-ring (bicyclic) bond motifs is 2. The van der Waals surface area contributed by atoms with Crippen LogP contribution in [0.15, 0.2) is 37.1 Å². The lowest BCUT2D eigenvalue weighted by atomic mass is 9.84. The van der Waals surface area contributed by atoms with Crippen LogP contribution in [-0.4, -0.2) is 55.7 Å². The second kappa shape index (κ2) is 9.04. The number of benzene rings is 1. The van der Waals surface area contributed by atoms with Crippen LogP contribution in [-0.2, 0) is 6.54 Å². The molecule has 1 unspecified atom stereocenters. The molecule has 0 radical (unpaired) electrons. The first-order valence-electron chi connectivity index (χ1n) is 12.5. The molecule has 204 valence electrons. The SMILES string of the molecule is COc1cc(F)c(-c2cc(Cn3cnc4c(N)ncnc43)c(N3CCC[C@]4(N)CC(F)(F)CC34)cn2)cc1F. The van der Waals surface area contributed by atoms with Crippen LogP contribution in [0.2, 0.25) is 0 Å². The molecule has 1 saturated carbocycles. The number of halogens is 4. The summed E-state index contributed by atoms with van der Waals surface area (Å²) >= 11 is 0. The minimum absolute atomic E-state index is 0.0672. The summed E-state index contributed by atoms with van der Waals surface area (Å²) in [7, 11) is 1.25. The highest BCUT2D eigenvalue weighted by Crippen LogP contribution is 2.48. The van der Waals surface area contributed by atoms with Crippen LogP contribution >= 0.6 is 0 Å². The van der Waals surface area contributed by atoms with Crippen molar-refractivity contribution in [1.82, 2.24) is 24.5 Å². The smallest absolute Gasteiger partial charge is 0.252 e. The van der Waals surface area contributed by atoms with E-state index < -0.39 is 29.1 Å². The molecular formula is C26H26F4N8O. The third-order valence-corrected chi connectivity index (χ3v) is 7.72. The first-order valence-corrected chi connectivity index (χ1v) is 12.5. The normalized spacial score (nSPS) is 22.3. The maximum atomic E-state index is 15.0. The van der Waals surface area contributed by atoms with E-state index in [9.17, 15) is 17.6 Å². The van der Waals surface area contributed by atoms with Crippen LogP contribution in [0.5, 0.6) is 5.75 Å². The number of pyridine rings is 1. The van der Waals surface area contributed by atoms with Gasteiger partial charge in [-0.05, 0) is 30.5 Å². The molecule has 13 heteroatoms. The molecule has 4 heterocycles. The van der Waals surface area contributed by atoms with Gasteiger partial charge in [-0.3, -0.25) is 4.98 Å². The number of aromatic nitrogens is 5. The number of anilines is 2. The van der Waals surface area contributed by atoms with Crippen molar-refractivity contribution < 1.29 is 22.3 Å². The molecule has 0 amide bonds. The van der Waals surface area contributed by atoms with Gasteiger partial charge in [0.05, 0.1) is 43.6 Å². The fourth-order valence-electron chi connectivity index (χ4n) is 5.96. The van der Waals surface area contributed by atoms with Crippen molar-refractivity contribution in [3.63, 3.8) is 0 Å². The Balaban J connectivity index is 1.48. The summed E-state index contributed by atoms with van der Waals surface area (Å²) in [5, 5.41) is 0. The molecule has 9 nitrogen and oxygen atoms in total. The number of methoxy groups -OCH3 is 1. The van der Waals surface area contributed by atoms with Crippen molar-refractivity contribution in [3.05, 3.63) is 54.2 Å². The Morgan fingerprint density at radius 3 is 2.72 bits per heavy atom. The minimum Gasteiger partial charge on any atom is -0.494 e. The van der Waals surface area contributed by atoms with Crippen molar-refractivity contribution in [2.45, 2.75) is 49.7 Å². The molecule has 2 atom stereocenters. The summed E-state index contributed by atoms with van der Waals surface area (Å²) in [6.07, 6.45) is 4.72. The number of piperidine rings is 1. The number of alkyl halides is 2. The first kappa shape index (κ1) is 25.3. The van der Waals surface area contributed by atoms with Crippen LogP contribution in [0.3, 0.4) is 0 Å². The number of imidazole rings is 1. The van der Waals surface area contributed by atoms with Crippen molar-refractivity contribution in [1.29, 1.82) is 0 Å². The van der Waals surface area contributed by atoms with Gasteiger partial charge in [-0.1, -0.05) is 0 Å². The Morgan fingerprint density at radius 2 is 1.92 bits per heavy atom. The Kier molecular flexibility index (Phi) is 5.86. The van der Waals surface area contributed by atoms with E-state index in [2.05, 4.69) is 19.9 Å². The van der Waals surface area contributed by atoms with E-state index in [1.165, 1.54) is 19.6 Å². The number of hydrogen-bond acceptors (Lipinski definition) is 8. The highest BCUT2D eigenvalue weighted by molar-refractivity contribution is 5.81. The van der Waals surface area contributed by atoms with E-state index in [1.807, 2.05) is 4.90 Å². The third-order valence-electron chi connectivity index (χ3n) is 7.72. The van der Waals surface area contributed by atoms with Gasteiger partial charge in [0.1, 0.15) is 17.7 Å². The molecule has 6 rings (SSSR count). The maximum Gasteiger partial charge on any atom is 0.252 e. The largest absolute Gasteiger partial charge is 0.494 e. The Labute approximate surface area is 220 Å². The summed E-state index contributed by atoms with van der Waals surface area (Å²) in [4.78, 5) is 18.9. The lowest BCUT2D eigenvalue weighted by Gasteiger charge is -2.45. The molecule has 3 aromatic heterocycles. The second-order valence-electron chi connectivity index (χ2n) is 10.3. The number of nitrogen functional groups attached to an aromatic ring is 1. The Hall–Kier alpha value is -4.00. The molecule has 4 N–H and O–H groups in total. The number of nitrogens with zero attached hydrogens (tertiary/aromatic N) is 6. The average molecular weight is 543 g/mol. The molecule has 0 spiro atoms. The Morgan fingerprint density at radius 1 is 1.10 bits per heavy atom. The van der Waals surface area contributed by atoms with Gasteiger partial charge < -0.3 is 25.7 Å². The predicted octanol–water partition coefficient (Wildman–Crippen LogP) is 3.90. The molecule has 1 aliphatic heterocycles. The van der Waals surface area contributed by atoms with Gasteiger partial charge in [0, 0.05) is 36.6 Å². The molecule has 2 aliphatic rings. The quantitative estimate of drug-likeness (QED) is 0.365. The molecule has 1 aliphatic carbocycles. The third kappa shape index (κ3) is 4.30. The van der Waals surface area contributed by atoms with Crippen molar-refractivity contribution in [3.8, 4) is 17.0 Å². The van der Waals surface area contributed by atoms with E-state index in [4.69, 9.17) is 16.2 Å². The summed E-state index contributed by atoms with van der Waals surface area (Å²) in [5.41, 5.74) is 13.6. The molecule has 2 fully saturated rings.